The van der Waals surface area contributed by atoms with Gasteiger partial charge in [-0.2, -0.15) is 0 Å². The summed E-state index contributed by atoms with van der Waals surface area (Å²) in [5.41, 5.74) is 0. The van der Waals surface area contributed by atoms with Gasteiger partial charge in [0.15, 0.2) is 6.04 Å². The molecule has 2 unspecified atom stereocenters. The van der Waals surface area contributed by atoms with Crippen molar-refractivity contribution in [2.75, 3.05) is 5.32 Å². The van der Waals surface area contributed by atoms with E-state index in [-0.39, 0.29) is 0 Å². The first-order chi connectivity index (χ1) is 8.00. The third-order valence-corrected chi connectivity index (χ3v) is 1.94. The number of hydrogen-bond donors (Lipinski definition) is 4. The molecule has 1 rings (SSSR count). The van der Waals surface area contributed by atoms with Crippen LogP contribution in [0.4, 0.5) is 10.6 Å². The molecule has 0 radical (unpaired) electrons. The summed E-state index contributed by atoms with van der Waals surface area (Å²) in [5.74, 6) is -1.02. The predicted octanol–water partition coefficient (Wildman–Crippen LogP) is 0.0371. The summed E-state index contributed by atoms with van der Waals surface area (Å²) in [5, 5.41) is 22.4. The van der Waals surface area contributed by atoms with Crippen LogP contribution < -0.4 is 10.6 Å². The van der Waals surface area contributed by atoms with Crippen LogP contribution in [-0.2, 0) is 4.79 Å². The Hall–Kier alpha value is -2.15. The second-order valence-electron chi connectivity index (χ2n) is 3.37. The van der Waals surface area contributed by atoms with Crippen LogP contribution in [-0.4, -0.2) is 39.3 Å². The summed E-state index contributed by atoms with van der Waals surface area (Å²) in [7, 11) is 0. The molecule has 0 fully saturated rings. The lowest BCUT2D eigenvalue weighted by Gasteiger charge is -2.17. The first-order valence-electron chi connectivity index (χ1n) is 4.90. The average molecular weight is 239 g/mol. The Kier molecular flexibility index (Phi) is 4.41. The summed E-state index contributed by atoms with van der Waals surface area (Å²) in [6.45, 7) is 1.28. The van der Waals surface area contributed by atoms with E-state index in [0.29, 0.717) is 5.82 Å². The third kappa shape index (κ3) is 4.07. The minimum Gasteiger partial charge on any atom is -0.480 e. The highest BCUT2D eigenvalue weighted by atomic mass is 16.4. The van der Waals surface area contributed by atoms with Gasteiger partial charge in [-0.15, -0.1) is 0 Å². The Morgan fingerprint density at radius 2 is 2.12 bits per heavy atom. The maximum absolute atomic E-state index is 11.4. The summed E-state index contributed by atoms with van der Waals surface area (Å²) in [6.07, 6.45) is 0.292. The average Bonchev–Trinajstić information content (AvgIpc) is 2.26. The number of aliphatic hydroxyl groups excluding tert-OH is 1. The van der Waals surface area contributed by atoms with Gasteiger partial charge in [0.05, 0.1) is 6.10 Å². The van der Waals surface area contributed by atoms with Crippen LogP contribution in [0.2, 0.25) is 0 Å². The van der Waals surface area contributed by atoms with E-state index in [2.05, 4.69) is 15.6 Å². The number of carboxylic acid groups (broad SMARTS) is 1. The Morgan fingerprint density at radius 1 is 1.41 bits per heavy atom. The largest absolute Gasteiger partial charge is 0.480 e. The molecule has 1 aromatic heterocycles. The number of carboxylic acids is 1. The number of anilines is 1. The van der Waals surface area contributed by atoms with E-state index in [4.69, 9.17) is 10.2 Å². The van der Waals surface area contributed by atoms with E-state index in [1.807, 2.05) is 0 Å². The smallest absolute Gasteiger partial charge is 0.328 e. The molecule has 0 aliphatic carbocycles. The first kappa shape index (κ1) is 12.9. The van der Waals surface area contributed by atoms with Gasteiger partial charge in [-0.25, -0.2) is 14.6 Å². The van der Waals surface area contributed by atoms with Gasteiger partial charge < -0.3 is 15.5 Å². The number of aromatic nitrogens is 1. The Balaban J connectivity index is 2.57. The highest BCUT2D eigenvalue weighted by molar-refractivity contribution is 5.91. The molecule has 1 aromatic rings. The maximum Gasteiger partial charge on any atom is 0.328 e. The number of aliphatic hydroxyl groups is 1. The molecule has 2 atom stereocenters. The number of nitrogens with zero attached hydrogens (tertiary/aromatic N) is 1. The lowest BCUT2D eigenvalue weighted by molar-refractivity contribution is -0.141. The van der Waals surface area contributed by atoms with Crippen LogP contribution in [0.15, 0.2) is 24.4 Å². The molecule has 0 aromatic carbocycles. The molecule has 7 heteroatoms. The minimum atomic E-state index is -1.36. The van der Waals surface area contributed by atoms with E-state index < -0.39 is 24.1 Å². The van der Waals surface area contributed by atoms with Gasteiger partial charge in [-0.1, -0.05) is 6.07 Å². The molecule has 0 saturated heterocycles. The SMILES string of the molecule is CC(O)C(NC(=O)Nc1ccccn1)C(=O)O. The highest BCUT2D eigenvalue weighted by Crippen LogP contribution is 2.00. The molecular weight excluding hydrogens is 226 g/mol. The van der Waals surface area contributed by atoms with Crippen molar-refractivity contribution in [1.29, 1.82) is 0 Å². The molecule has 2 amide bonds. The van der Waals surface area contributed by atoms with Crippen molar-refractivity contribution in [2.24, 2.45) is 0 Å². The Morgan fingerprint density at radius 3 is 2.59 bits per heavy atom. The van der Waals surface area contributed by atoms with E-state index in [1.165, 1.54) is 13.1 Å². The van der Waals surface area contributed by atoms with Crippen LogP contribution in [0, 0.1) is 0 Å². The van der Waals surface area contributed by atoms with Crippen LogP contribution in [0.1, 0.15) is 6.92 Å². The molecule has 0 bridgehead atoms. The number of carbonyl (C=O) groups excluding carboxylic acids is 1. The number of rotatable bonds is 4. The van der Waals surface area contributed by atoms with E-state index >= 15 is 0 Å². The molecule has 0 aliphatic rings. The van der Waals surface area contributed by atoms with Crippen molar-refractivity contribution in [3.05, 3.63) is 24.4 Å². The molecule has 0 saturated carbocycles. The highest BCUT2D eigenvalue weighted by Gasteiger charge is 2.24. The van der Waals surface area contributed by atoms with Gasteiger partial charge in [0.25, 0.3) is 0 Å². The number of urea groups is 1. The van der Waals surface area contributed by atoms with Gasteiger partial charge in [0.1, 0.15) is 5.82 Å². The summed E-state index contributed by atoms with van der Waals surface area (Å²) in [4.78, 5) is 25.9. The molecular formula is C10H13N3O4. The van der Waals surface area contributed by atoms with Crippen LogP contribution in [0.5, 0.6) is 0 Å². The first-order valence-corrected chi connectivity index (χ1v) is 4.90. The zero-order chi connectivity index (χ0) is 12.8. The molecule has 0 spiro atoms. The number of nitrogens with one attached hydrogen (secondary N) is 2. The van der Waals surface area contributed by atoms with Gasteiger partial charge in [0.2, 0.25) is 0 Å². The molecule has 4 N–H and O–H groups in total. The Labute approximate surface area is 97.5 Å². The van der Waals surface area contributed by atoms with Crippen molar-refractivity contribution in [3.8, 4) is 0 Å². The number of hydrogen-bond acceptors (Lipinski definition) is 4. The van der Waals surface area contributed by atoms with Crippen molar-refractivity contribution < 1.29 is 19.8 Å². The summed E-state index contributed by atoms with van der Waals surface area (Å²) < 4.78 is 0. The minimum absolute atomic E-state index is 0.291. The van der Waals surface area contributed by atoms with Crippen LogP contribution >= 0.6 is 0 Å². The number of aliphatic carboxylic acids is 1. The second kappa shape index (κ2) is 5.80. The molecule has 1 heterocycles. The van der Waals surface area contributed by atoms with Crippen molar-refractivity contribution in [1.82, 2.24) is 10.3 Å². The summed E-state index contributed by atoms with van der Waals surface area (Å²) >= 11 is 0. The van der Waals surface area contributed by atoms with E-state index in [9.17, 15) is 9.59 Å². The van der Waals surface area contributed by atoms with E-state index in [0.717, 1.165) is 0 Å². The van der Waals surface area contributed by atoms with Gasteiger partial charge in [0, 0.05) is 6.20 Å². The number of carbonyl (C=O) groups is 2. The normalized spacial score (nSPS) is 13.5. The lowest BCUT2D eigenvalue weighted by Crippen LogP contribution is -2.49. The fraction of sp³-hybridized carbons (Fsp3) is 0.300. The van der Waals surface area contributed by atoms with Gasteiger partial charge in [-0.3, -0.25) is 5.32 Å². The monoisotopic (exact) mass is 239 g/mol. The van der Waals surface area contributed by atoms with Crippen molar-refractivity contribution in [3.63, 3.8) is 0 Å². The summed E-state index contributed by atoms with van der Waals surface area (Å²) in [6, 6.07) is 2.80. The van der Waals surface area contributed by atoms with Crippen molar-refractivity contribution in [2.45, 2.75) is 19.1 Å². The zero-order valence-corrected chi connectivity index (χ0v) is 9.12. The molecule has 17 heavy (non-hydrogen) atoms. The molecule has 0 aliphatic heterocycles. The standard InChI is InChI=1S/C10H13N3O4/c1-6(14)8(9(15)16)13-10(17)12-7-4-2-3-5-11-7/h2-6,8,14H,1H3,(H,15,16)(H2,11,12,13,17). The van der Waals surface area contributed by atoms with E-state index in [1.54, 1.807) is 18.2 Å². The molecule has 92 valence electrons. The fourth-order valence-electron chi connectivity index (χ4n) is 1.12. The number of amides is 2. The lowest BCUT2D eigenvalue weighted by atomic mass is 10.2. The molecule has 7 nitrogen and oxygen atoms in total. The van der Waals surface area contributed by atoms with Crippen LogP contribution in [0.25, 0.3) is 0 Å². The maximum atomic E-state index is 11.4. The second-order valence-corrected chi connectivity index (χ2v) is 3.37. The Bertz CT molecular complexity index is 394. The number of pyridine rings is 1. The fourth-order valence-corrected chi connectivity index (χ4v) is 1.12. The zero-order valence-electron chi connectivity index (χ0n) is 9.12. The van der Waals surface area contributed by atoms with Gasteiger partial charge in [-0.05, 0) is 19.1 Å². The third-order valence-electron chi connectivity index (χ3n) is 1.94. The van der Waals surface area contributed by atoms with Gasteiger partial charge >= 0.3 is 12.0 Å². The predicted molar refractivity (Wildman–Crippen MR) is 59.5 cm³/mol. The van der Waals surface area contributed by atoms with Crippen LogP contribution in [0.3, 0.4) is 0 Å². The van der Waals surface area contributed by atoms with Crippen molar-refractivity contribution >= 4 is 17.8 Å². The topological polar surface area (TPSA) is 112 Å². The quantitative estimate of drug-likeness (QED) is 0.592.